The Morgan fingerprint density at radius 3 is 2.66 bits per heavy atom. The molecule has 0 spiro atoms. The molecule has 0 saturated heterocycles. The van der Waals surface area contributed by atoms with Crippen molar-refractivity contribution in [3.8, 4) is 5.69 Å². The molecular weight excluding hydrogens is 407 g/mol. The van der Waals surface area contributed by atoms with Gasteiger partial charge in [0.2, 0.25) is 10.0 Å². The lowest BCUT2D eigenvalue weighted by Crippen LogP contribution is -2.39. The SMILES string of the molecule is CC(C)S(=O)(=O)N[C@@H]1Cc2ccc(-n3nc(C(F)(F)F)c4c3COCC4)cc2C1. The van der Waals surface area contributed by atoms with Crippen molar-refractivity contribution in [1.29, 1.82) is 0 Å². The third-order valence-electron chi connectivity index (χ3n) is 5.41. The zero-order valence-electron chi connectivity index (χ0n) is 16.1. The molecule has 1 aromatic heterocycles. The Hall–Kier alpha value is -1.91. The predicted octanol–water partition coefficient (Wildman–Crippen LogP) is 2.76. The summed E-state index contributed by atoms with van der Waals surface area (Å²) in [5.74, 6) is 0. The highest BCUT2D eigenvalue weighted by atomic mass is 32.2. The second-order valence-electron chi connectivity index (χ2n) is 7.76. The van der Waals surface area contributed by atoms with Crippen LogP contribution in [-0.2, 0) is 46.8 Å². The van der Waals surface area contributed by atoms with Crippen molar-refractivity contribution in [2.45, 2.75) is 57.2 Å². The van der Waals surface area contributed by atoms with Crippen LogP contribution in [0.3, 0.4) is 0 Å². The van der Waals surface area contributed by atoms with E-state index in [0.717, 1.165) is 11.1 Å². The highest BCUT2D eigenvalue weighted by molar-refractivity contribution is 7.90. The minimum absolute atomic E-state index is 0.0757. The number of hydrogen-bond acceptors (Lipinski definition) is 4. The number of benzene rings is 1. The van der Waals surface area contributed by atoms with E-state index in [1.54, 1.807) is 26.0 Å². The first kappa shape index (κ1) is 20.4. The van der Waals surface area contributed by atoms with Gasteiger partial charge in [-0.1, -0.05) is 6.07 Å². The van der Waals surface area contributed by atoms with E-state index < -0.39 is 27.1 Å². The van der Waals surface area contributed by atoms with Crippen molar-refractivity contribution in [2.75, 3.05) is 6.61 Å². The van der Waals surface area contributed by atoms with E-state index in [0.29, 0.717) is 24.2 Å². The quantitative estimate of drug-likeness (QED) is 0.811. The lowest BCUT2D eigenvalue weighted by molar-refractivity contribution is -0.142. The summed E-state index contributed by atoms with van der Waals surface area (Å²) in [4.78, 5) is 0. The van der Waals surface area contributed by atoms with Crippen molar-refractivity contribution in [3.05, 3.63) is 46.3 Å². The van der Waals surface area contributed by atoms with Gasteiger partial charge in [-0.25, -0.2) is 17.8 Å². The molecule has 0 unspecified atom stereocenters. The number of sulfonamides is 1. The van der Waals surface area contributed by atoms with Gasteiger partial charge in [-0.2, -0.15) is 18.3 Å². The first-order valence-corrected chi connectivity index (χ1v) is 11.0. The molecule has 158 valence electrons. The Morgan fingerprint density at radius 1 is 1.24 bits per heavy atom. The number of rotatable bonds is 4. The molecule has 1 aromatic carbocycles. The summed E-state index contributed by atoms with van der Waals surface area (Å²) in [6.07, 6.45) is -3.31. The number of ether oxygens (including phenoxy) is 1. The Bertz CT molecular complexity index is 1040. The van der Waals surface area contributed by atoms with Gasteiger partial charge in [-0.3, -0.25) is 0 Å². The number of aromatic nitrogens is 2. The molecule has 1 aliphatic carbocycles. The Balaban J connectivity index is 1.66. The molecule has 4 rings (SSSR count). The van der Waals surface area contributed by atoms with Gasteiger partial charge in [0.1, 0.15) is 0 Å². The number of hydrogen-bond donors (Lipinski definition) is 1. The van der Waals surface area contributed by atoms with Crippen molar-refractivity contribution < 1.29 is 26.3 Å². The van der Waals surface area contributed by atoms with Crippen molar-refractivity contribution in [1.82, 2.24) is 14.5 Å². The summed E-state index contributed by atoms with van der Waals surface area (Å²) < 4.78 is 73.9. The lowest BCUT2D eigenvalue weighted by Gasteiger charge is -2.16. The summed E-state index contributed by atoms with van der Waals surface area (Å²) >= 11 is 0. The maximum atomic E-state index is 13.4. The number of alkyl halides is 3. The summed E-state index contributed by atoms with van der Waals surface area (Å²) in [6, 6.07) is 5.09. The highest BCUT2D eigenvalue weighted by Crippen LogP contribution is 2.36. The van der Waals surface area contributed by atoms with Crippen molar-refractivity contribution in [2.24, 2.45) is 0 Å². The highest BCUT2D eigenvalue weighted by Gasteiger charge is 2.40. The normalized spacial score (nSPS) is 19.4. The van der Waals surface area contributed by atoms with E-state index in [1.165, 1.54) is 4.68 Å². The summed E-state index contributed by atoms with van der Waals surface area (Å²) in [7, 11) is -3.40. The number of halogens is 3. The van der Waals surface area contributed by atoms with Gasteiger partial charge in [0.15, 0.2) is 5.69 Å². The van der Waals surface area contributed by atoms with E-state index in [4.69, 9.17) is 4.74 Å². The topological polar surface area (TPSA) is 73.2 Å². The fourth-order valence-electron chi connectivity index (χ4n) is 3.87. The van der Waals surface area contributed by atoms with Gasteiger partial charge in [-0.15, -0.1) is 0 Å². The maximum Gasteiger partial charge on any atom is 0.435 e. The molecule has 1 aliphatic heterocycles. The Labute approximate surface area is 167 Å². The summed E-state index contributed by atoms with van der Waals surface area (Å²) in [5, 5.41) is 3.33. The Kier molecular flexibility index (Phi) is 4.99. The first-order chi connectivity index (χ1) is 13.6. The van der Waals surface area contributed by atoms with Crippen LogP contribution in [0, 0.1) is 0 Å². The summed E-state index contributed by atoms with van der Waals surface area (Å²) in [6.45, 7) is 3.54. The van der Waals surface area contributed by atoms with E-state index in [-0.39, 0.29) is 31.2 Å². The predicted molar refractivity (Wildman–Crippen MR) is 100 cm³/mol. The molecule has 1 N–H and O–H groups in total. The van der Waals surface area contributed by atoms with Crippen LogP contribution in [0.2, 0.25) is 0 Å². The Morgan fingerprint density at radius 2 is 1.97 bits per heavy atom. The van der Waals surface area contributed by atoms with Crippen LogP contribution in [0.15, 0.2) is 18.2 Å². The molecule has 1 atom stereocenters. The van der Waals surface area contributed by atoms with Crippen LogP contribution in [0.5, 0.6) is 0 Å². The fraction of sp³-hybridized carbons (Fsp3) is 0.526. The van der Waals surface area contributed by atoms with Gasteiger partial charge in [0, 0.05) is 11.6 Å². The second kappa shape index (κ2) is 7.10. The summed E-state index contributed by atoms with van der Waals surface area (Å²) in [5.41, 5.74) is 2.16. The third kappa shape index (κ3) is 3.80. The van der Waals surface area contributed by atoms with Crippen LogP contribution in [0.25, 0.3) is 5.69 Å². The van der Waals surface area contributed by atoms with Crippen LogP contribution >= 0.6 is 0 Å². The smallest absolute Gasteiger partial charge is 0.375 e. The average Bonchev–Trinajstić information content (AvgIpc) is 3.20. The number of nitrogens with zero attached hydrogens (tertiary/aromatic N) is 2. The van der Waals surface area contributed by atoms with Gasteiger partial charge >= 0.3 is 6.18 Å². The van der Waals surface area contributed by atoms with Crippen LogP contribution in [-0.4, -0.2) is 36.1 Å². The van der Waals surface area contributed by atoms with Crippen molar-refractivity contribution in [3.63, 3.8) is 0 Å². The molecule has 2 aliphatic rings. The molecule has 29 heavy (non-hydrogen) atoms. The van der Waals surface area contributed by atoms with Gasteiger partial charge in [0.05, 0.1) is 29.8 Å². The molecule has 0 fully saturated rings. The van der Waals surface area contributed by atoms with Crippen LogP contribution < -0.4 is 4.72 Å². The molecule has 6 nitrogen and oxygen atoms in total. The van der Waals surface area contributed by atoms with E-state index in [9.17, 15) is 21.6 Å². The fourth-order valence-corrected chi connectivity index (χ4v) is 4.77. The van der Waals surface area contributed by atoms with E-state index in [1.807, 2.05) is 6.07 Å². The van der Waals surface area contributed by atoms with Gasteiger partial charge in [0.25, 0.3) is 0 Å². The maximum absolute atomic E-state index is 13.4. The van der Waals surface area contributed by atoms with Gasteiger partial charge < -0.3 is 4.74 Å². The monoisotopic (exact) mass is 429 g/mol. The van der Waals surface area contributed by atoms with Crippen LogP contribution in [0.4, 0.5) is 13.2 Å². The molecule has 0 bridgehead atoms. The first-order valence-electron chi connectivity index (χ1n) is 9.45. The average molecular weight is 429 g/mol. The lowest BCUT2D eigenvalue weighted by atomic mass is 10.1. The van der Waals surface area contributed by atoms with Gasteiger partial charge in [-0.05, 0) is 56.4 Å². The minimum atomic E-state index is -4.52. The largest absolute Gasteiger partial charge is 0.435 e. The minimum Gasteiger partial charge on any atom is -0.375 e. The molecular formula is C19H22F3N3O3S. The second-order valence-corrected chi connectivity index (χ2v) is 10.0. The zero-order valence-corrected chi connectivity index (χ0v) is 16.9. The number of nitrogens with one attached hydrogen (secondary N) is 1. The zero-order chi connectivity index (χ0) is 21.0. The van der Waals surface area contributed by atoms with Crippen LogP contribution in [0.1, 0.15) is 41.9 Å². The van der Waals surface area contributed by atoms with E-state index >= 15 is 0 Å². The molecule has 0 saturated carbocycles. The van der Waals surface area contributed by atoms with Crippen molar-refractivity contribution >= 4 is 10.0 Å². The standard InChI is InChI=1S/C19H22F3N3O3S/c1-11(2)29(26,27)24-14-7-12-3-4-15(9-13(12)8-14)25-17-10-28-6-5-16(17)18(23-25)19(20,21)22/h3-4,9,11,14,24H,5-8,10H2,1-2H3/t14-/m1/s1. The number of fused-ring (bicyclic) bond motifs is 2. The van der Waals surface area contributed by atoms with E-state index in [2.05, 4.69) is 9.82 Å². The third-order valence-corrected chi connectivity index (χ3v) is 7.32. The molecule has 0 radical (unpaired) electrons. The molecule has 0 amide bonds. The molecule has 2 heterocycles. The molecule has 10 heteroatoms. The molecule has 2 aromatic rings.